The van der Waals surface area contributed by atoms with E-state index in [0.29, 0.717) is 11.6 Å². The van der Waals surface area contributed by atoms with Gasteiger partial charge in [0.05, 0.1) is 5.69 Å². The second-order valence-corrected chi connectivity index (χ2v) is 4.05. The number of rotatable bonds is 2. The summed E-state index contributed by atoms with van der Waals surface area (Å²) in [6.45, 7) is 7.69. The number of hydrogen-bond donors (Lipinski definition) is 2. The van der Waals surface area contributed by atoms with Crippen LogP contribution in [0.2, 0.25) is 0 Å². The highest BCUT2D eigenvalue weighted by Gasteiger charge is 2.12. The molecule has 6 heteroatoms. The zero-order valence-electron chi connectivity index (χ0n) is 10.4. The molecule has 0 aliphatic heterocycles. The summed E-state index contributed by atoms with van der Waals surface area (Å²) in [7, 11) is 0. The van der Waals surface area contributed by atoms with Crippen molar-refractivity contribution in [3.63, 3.8) is 0 Å². The van der Waals surface area contributed by atoms with E-state index in [4.69, 9.17) is 5.84 Å². The van der Waals surface area contributed by atoms with Crippen LogP contribution in [-0.2, 0) is 0 Å². The Morgan fingerprint density at radius 3 is 2.41 bits per heavy atom. The highest BCUT2D eigenvalue weighted by molar-refractivity contribution is 5.51. The van der Waals surface area contributed by atoms with E-state index in [2.05, 4.69) is 20.5 Å². The van der Waals surface area contributed by atoms with Crippen molar-refractivity contribution in [1.82, 2.24) is 19.7 Å². The van der Waals surface area contributed by atoms with Crippen LogP contribution in [0, 0.1) is 27.7 Å². The van der Waals surface area contributed by atoms with E-state index >= 15 is 0 Å². The maximum absolute atomic E-state index is 5.44. The molecule has 6 nitrogen and oxygen atoms in total. The number of aromatic nitrogens is 4. The van der Waals surface area contributed by atoms with Crippen molar-refractivity contribution >= 4 is 5.82 Å². The average molecular weight is 232 g/mol. The summed E-state index contributed by atoms with van der Waals surface area (Å²) in [4.78, 5) is 8.65. The SMILES string of the molecule is Cc1cc(C)n(-c2nc(C)nc(NN)c2C)n1. The Morgan fingerprint density at radius 1 is 1.18 bits per heavy atom. The van der Waals surface area contributed by atoms with Gasteiger partial charge in [-0.1, -0.05) is 0 Å². The van der Waals surface area contributed by atoms with Gasteiger partial charge in [-0.05, 0) is 33.8 Å². The molecule has 3 N–H and O–H groups in total. The van der Waals surface area contributed by atoms with Crippen LogP contribution in [0.15, 0.2) is 6.07 Å². The Hall–Kier alpha value is -1.95. The summed E-state index contributed by atoms with van der Waals surface area (Å²) in [6, 6.07) is 2.01. The molecule has 0 fully saturated rings. The average Bonchev–Trinajstić information content (AvgIpc) is 2.60. The molecule has 17 heavy (non-hydrogen) atoms. The molecule has 2 aromatic heterocycles. The number of nitrogen functional groups attached to an aromatic ring is 1. The standard InChI is InChI=1S/C11H16N6/c1-6-5-7(2)17(16-6)11-8(3)10(15-12)13-9(4)14-11/h5H,12H2,1-4H3,(H,13,14,15). The Morgan fingerprint density at radius 2 is 1.88 bits per heavy atom. The van der Waals surface area contributed by atoms with Gasteiger partial charge in [0.15, 0.2) is 5.82 Å². The molecule has 2 aromatic rings. The minimum absolute atomic E-state index is 0.625. The summed E-state index contributed by atoms with van der Waals surface area (Å²) in [5.74, 6) is 7.48. The summed E-state index contributed by atoms with van der Waals surface area (Å²) in [6.07, 6.45) is 0. The van der Waals surface area contributed by atoms with Crippen molar-refractivity contribution in [3.05, 3.63) is 28.8 Å². The van der Waals surface area contributed by atoms with Crippen LogP contribution >= 0.6 is 0 Å². The van der Waals surface area contributed by atoms with Gasteiger partial charge in [0.25, 0.3) is 0 Å². The molecule has 0 aliphatic carbocycles. The monoisotopic (exact) mass is 232 g/mol. The van der Waals surface area contributed by atoms with Crippen LogP contribution < -0.4 is 11.3 Å². The quantitative estimate of drug-likeness (QED) is 0.600. The van der Waals surface area contributed by atoms with Crippen LogP contribution in [0.3, 0.4) is 0 Å². The van der Waals surface area contributed by atoms with E-state index < -0.39 is 0 Å². The zero-order chi connectivity index (χ0) is 12.6. The number of nitrogens with zero attached hydrogens (tertiary/aromatic N) is 4. The molecule has 0 unspecified atom stereocenters. The van der Waals surface area contributed by atoms with Crippen LogP contribution in [0.4, 0.5) is 5.82 Å². The van der Waals surface area contributed by atoms with Gasteiger partial charge in [-0.25, -0.2) is 20.5 Å². The first-order valence-corrected chi connectivity index (χ1v) is 5.38. The summed E-state index contributed by atoms with van der Waals surface area (Å²) in [5, 5.41) is 4.42. The van der Waals surface area contributed by atoms with Gasteiger partial charge in [-0.3, -0.25) is 0 Å². The molecule has 2 heterocycles. The van der Waals surface area contributed by atoms with Gasteiger partial charge in [0.1, 0.15) is 11.6 Å². The normalized spacial score (nSPS) is 10.6. The van der Waals surface area contributed by atoms with Crippen LogP contribution in [0.5, 0.6) is 0 Å². The van der Waals surface area contributed by atoms with Gasteiger partial charge >= 0.3 is 0 Å². The Kier molecular flexibility index (Phi) is 2.81. The Labute approximate surface area is 99.9 Å². The Bertz CT molecular complexity index is 557. The number of nitrogens with two attached hydrogens (primary N) is 1. The van der Waals surface area contributed by atoms with Gasteiger partial charge in [0.2, 0.25) is 0 Å². The van der Waals surface area contributed by atoms with Crippen molar-refractivity contribution in [3.8, 4) is 5.82 Å². The molecule has 0 spiro atoms. The molecular formula is C11H16N6. The topological polar surface area (TPSA) is 81.7 Å². The van der Waals surface area contributed by atoms with E-state index in [1.54, 1.807) is 4.68 Å². The molecule has 0 saturated carbocycles. The minimum atomic E-state index is 0.625. The zero-order valence-corrected chi connectivity index (χ0v) is 10.4. The number of hydrogen-bond acceptors (Lipinski definition) is 5. The fraction of sp³-hybridized carbons (Fsp3) is 0.364. The predicted octanol–water partition coefficient (Wildman–Crippen LogP) is 1.18. The lowest BCUT2D eigenvalue weighted by atomic mass is 10.3. The molecule has 0 atom stereocenters. The highest BCUT2D eigenvalue weighted by Crippen LogP contribution is 2.19. The van der Waals surface area contributed by atoms with Crippen molar-refractivity contribution in [1.29, 1.82) is 0 Å². The number of aryl methyl sites for hydroxylation is 3. The summed E-state index contributed by atoms with van der Waals surface area (Å²) in [5.41, 5.74) is 5.45. The lowest BCUT2D eigenvalue weighted by Crippen LogP contribution is -2.15. The number of hydrazine groups is 1. The first-order chi connectivity index (χ1) is 8.02. The van der Waals surface area contributed by atoms with E-state index in [1.807, 2.05) is 33.8 Å². The van der Waals surface area contributed by atoms with Crippen molar-refractivity contribution in [2.24, 2.45) is 5.84 Å². The third-order valence-electron chi connectivity index (χ3n) is 2.58. The van der Waals surface area contributed by atoms with Crippen molar-refractivity contribution in [2.75, 3.05) is 5.43 Å². The lowest BCUT2D eigenvalue weighted by Gasteiger charge is -2.11. The largest absolute Gasteiger partial charge is 0.308 e. The van der Waals surface area contributed by atoms with E-state index in [0.717, 1.165) is 22.8 Å². The second-order valence-electron chi connectivity index (χ2n) is 4.05. The van der Waals surface area contributed by atoms with Gasteiger partial charge in [0, 0.05) is 11.3 Å². The van der Waals surface area contributed by atoms with Crippen LogP contribution in [0.1, 0.15) is 22.8 Å². The number of nitrogens with one attached hydrogen (secondary N) is 1. The van der Waals surface area contributed by atoms with Crippen LogP contribution in [0.25, 0.3) is 5.82 Å². The third-order valence-corrected chi connectivity index (χ3v) is 2.58. The first-order valence-electron chi connectivity index (χ1n) is 5.38. The third kappa shape index (κ3) is 1.99. The molecule has 0 bridgehead atoms. The van der Waals surface area contributed by atoms with Gasteiger partial charge in [-0.2, -0.15) is 5.10 Å². The molecular weight excluding hydrogens is 216 g/mol. The van der Waals surface area contributed by atoms with E-state index in [-0.39, 0.29) is 0 Å². The smallest absolute Gasteiger partial charge is 0.162 e. The predicted molar refractivity (Wildman–Crippen MR) is 65.9 cm³/mol. The lowest BCUT2D eigenvalue weighted by molar-refractivity contribution is 0.784. The fourth-order valence-corrected chi connectivity index (χ4v) is 1.80. The minimum Gasteiger partial charge on any atom is -0.308 e. The molecule has 0 aromatic carbocycles. The van der Waals surface area contributed by atoms with Crippen LogP contribution in [-0.4, -0.2) is 19.7 Å². The number of anilines is 1. The van der Waals surface area contributed by atoms with Gasteiger partial charge < -0.3 is 5.43 Å². The van der Waals surface area contributed by atoms with Crippen molar-refractivity contribution < 1.29 is 0 Å². The van der Waals surface area contributed by atoms with Crippen molar-refractivity contribution in [2.45, 2.75) is 27.7 Å². The molecule has 0 radical (unpaired) electrons. The molecule has 0 saturated heterocycles. The Balaban J connectivity index is 2.66. The van der Waals surface area contributed by atoms with E-state index in [9.17, 15) is 0 Å². The maximum atomic E-state index is 5.44. The fourth-order valence-electron chi connectivity index (χ4n) is 1.80. The molecule has 2 rings (SSSR count). The summed E-state index contributed by atoms with van der Waals surface area (Å²) < 4.78 is 1.81. The van der Waals surface area contributed by atoms with E-state index in [1.165, 1.54) is 0 Å². The second kappa shape index (κ2) is 4.14. The molecule has 0 aliphatic rings. The summed E-state index contributed by atoms with van der Waals surface area (Å²) >= 11 is 0. The first kappa shape index (κ1) is 11.5. The maximum Gasteiger partial charge on any atom is 0.162 e. The highest BCUT2D eigenvalue weighted by atomic mass is 15.3. The molecule has 0 amide bonds. The molecule has 90 valence electrons. The van der Waals surface area contributed by atoms with Gasteiger partial charge in [-0.15, -0.1) is 0 Å².